The first-order chi connectivity index (χ1) is 29.4. The van der Waals surface area contributed by atoms with Gasteiger partial charge in [0.15, 0.2) is 0 Å². The normalized spacial score (nSPS) is 11.3. The standard InChI is InChI=1S/C58H46N2/c1-39-29-31-46(37-41(39)3)50-23-15-24-51(47-32-30-40(2)42(4)38-47)58(50)60-54-26-14-12-22-52(54)57-55(27-16-28-56(57)60)59(48-35-33-44(34-36-48)43-17-7-5-8-18-43)53-25-13-11-21-49(53)45-19-9-6-10-20-45/h5-38H,1-4H3. The Morgan fingerprint density at radius 3 is 1.47 bits per heavy atom. The molecule has 0 radical (unpaired) electrons. The highest BCUT2D eigenvalue weighted by molar-refractivity contribution is 6.17. The van der Waals surface area contributed by atoms with Crippen molar-refractivity contribution in [2.24, 2.45) is 0 Å². The minimum Gasteiger partial charge on any atom is -0.309 e. The number of nitrogens with zero attached hydrogens (tertiary/aromatic N) is 2. The van der Waals surface area contributed by atoms with Gasteiger partial charge in [-0.05, 0) is 114 Å². The fourth-order valence-corrected chi connectivity index (χ4v) is 8.87. The average Bonchev–Trinajstić information content (AvgIpc) is 3.64. The van der Waals surface area contributed by atoms with Crippen LogP contribution >= 0.6 is 0 Å². The van der Waals surface area contributed by atoms with Crippen molar-refractivity contribution in [2.45, 2.75) is 27.7 Å². The van der Waals surface area contributed by atoms with Crippen LogP contribution in [0.5, 0.6) is 0 Å². The number of anilines is 3. The summed E-state index contributed by atoms with van der Waals surface area (Å²) in [7, 11) is 0. The zero-order valence-electron chi connectivity index (χ0n) is 34.5. The number of hydrogen-bond donors (Lipinski definition) is 0. The molecule has 0 amide bonds. The zero-order valence-corrected chi connectivity index (χ0v) is 34.5. The number of rotatable bonds is 8. The second kappa shape index (κ2) is 15.4. The maximum absolute atomic E-state index is 2.53. The highest BCUT2D eigenvalue weighted by atomic mass is 15.2. The van der Waals surface area contributed by atoms with Gasteiger partial charge in [0.2, 0.25) is 0 Å². The second-order valence-electron chi connectivity index (χ2n) is 16.0. The van der Waals surface area contributed by atoms with E-state index in [1.54, 1.807) is 0 Å². The number of hydrogen-bond acceptors (Lipinski definition) is 1. The molecule has 0 atom stereocenters. The summed E-state index contributed by atoms with van der Waals surface area (Å²) >= 11 is 0. The lowest BCUT2D eigenvalue weighted by Gasteiger charge is -2.29. The van der Waals surface area contributed by atoms with Crippen LogP contribution in [0.4, 0.5) is 17.1 Å². The topological polar surface area (TPSA) is 8.17 Å². The van der Waals surface area contributed by atoms with Gasteiger partial charge in [0.1, 0.15) is 0 Å². The van der Waals surface area contributed by atoms with E-state index < -0.39 is 0 Å². The molecule has 1 heterocycles. The molecule has 0 saturated heterocycles. The van der Waals surface area contributed by atoms with Crippen molar-refractivity contribution in [2.75, 3.05) is 4.90 Å². The molecule has 0 aliphatic carbocycles. The summed E-state index contributed by atoms with van der Waals surface area (Å²) < 4.78 is 2.53. The number of aromatic nitrogens is 1. The van der Waals surface area contributed by atoms with Crippen LogP contribution in [0.1, 0.15) is 22.3 Å². The number of benzene rings is 9. The van der Waals surface area contributed by atoms with Crippen molar-refractivity contribution < 1.29 is 0 Å². The summed E-state index contributed by atoms with van der Waals surface area (Å²) in [5.41, 5.74) is 21.5. The fraction of sp³-hybridized carbons (Fsp3) is 0.0690. The zero-order chi connectivity index (χ0) is 40.7. The molecule has 10 rings (SSSR count). The van der Waals surface area contributed by atoms with Crippen LogP contribution in [0, 0.1) is 27.7 Å². The molecule has 10 aromatic rings. The van der Waals surface area contributed by atoms with Gasteiger partial charge in [0.05, 0.1) is 28.1 Å². The molecule has 0 aliphatic rings. The Bertz CT molecular complexity index is 3100. The summed E-state index contributed by atoms with van der Waals surface area (Å²) in [6, 6.07) is 75.6. The van der Waals surface area contributed by atoms with Crippen LogP contribution < -0.4 is 4.90 Å². The third kappa shape index (κ3) is 6.47. The number of aryl methyl sites for hydroxylation is 4. The Kier molecular flexibility index (Phi) is 9.47. The lowest BCUT2D eigenvalue weighted by atomic mass is 9.92. The van der Waals surface area contributed by atoms with E-state index in [-0.39, 0.29) is 0 Å². The molecule has 2 nitrogen and oxygen atoms in total. The summed E-state index contributed by atoms with van der Waals surface area (Å²) in [6.45, 7) is 8.81. The monoisotopic (exact) mass is 770 g/mol. The van der Waals surface area contributed by atoms with E-state index in [2.05, 4.69) is 243 Å². The summed E-state index contributed by atoms with van der Waals surface area (Å²) in [6.07, 6.45) is 0. The first-order valence-electron chi connectivity index (χ1n) is 20.9. The van der Waals surface area contributed by atoms with Gasteiger partial charge in [-0.1, -0.05) is 170 Å². The minimum absolute atomic E-state index is 1.09. The van der Waals surface area contributed by atoms with Gasteiger partial charge in [-0.25, -0.2) is 0 Å². The maximum Gasteiger partial charge on any atom is 0.0618 e. The van der Waals surface area contributed by atoms with Crippen molar-refractivity contribution >= 4 is 38.9 Å². The SMILES string of the molecule is Cc1ccc(-c2cccc(-c3ccc(C)c(C)c3)c2-n2c3ccccc3c3c(N(c4ccc(-c5ccccc5)cc4)c4ccccc4-c4ccccc4)cccc32)cc1C. The van der Waals surface area contributed by atoms with Gasteiger partial charge in [-0.2, -0.15) is 0 Å². The van der Waals surface area contributed by atoms with Gasteiger partial charge in [0, 0.05) is 33.2 Å². The Labute approximate surface area is 353 Å². The highest BCUT2D eigenvalue weighted by Crippen LogP contribution is 2.48. The van der Waals surface area contributed by atoms with E-state index in [1.807, 2.05) is 0 Å². The molecule has 0 spiro atoms. The minimum atomic E-state index is 1.09. The Balaban J connectivity index is 1.29. The molecule has 0 bridgehead atoms. The van der Waals surface area contributed by atoms with E-state index >= 15 is 0 Å². The van der Waals surface area contributed by atoms with Crippen LogP contribution in [-0.4, -0.2) is 4.57 Å². The first kappa shape index (κ1) is 36.9. The van der Waals surface area contributed by atoms with Crippen molar-refractivity contribution in [3.63, 3.8) is 0 Å². The molecule has 9 aromatic carbocycles. The Morgan fingerprint density at radius 1 is 0.333 bits per heavy atom. The van der Waals surface area contributed by atoms with Crippen LogP contribution in [0.2, 0.25) is 0 Å². The highest BCUT2D eigenvalue weighted by Gasteiger charge is 2.25. The lowest BCUT2D eigenvalue weighted by molar-refractivity contribution is 1.18. The maximum atomic E-state index is 2.53. The molecule has 1 aromatic heterocycles. The van der Waals surface area contributed by atoms with Crippen LogP contribution in [0.3, 0.4) is 0 Å². The van der Waals surface area contributed by atoms with E-state index in [0.29, 0.717) is 0 Å². The van der Waals surface area contributed by atoms with E-state index in [4.69, 9.17) is 0 Å². The smallest absolute Gasteiger partial charge is 0.0618 e. The third-order valence-electron chi connectivity index (χ3n) is 12.3. The largest absolute Gasteiger partial charge is 0.309 e. The Hall–Kier alpha value is -7.42. The molecule has 0 saturated carbocycles. The van der Waals surface area contributed by atoms with E-state index in [9.17, 15) is 0 Å². The quantitative estimate of drug-likeness (QED) is 0.149. The summed E-state index contributed by atoms with van der Waals surface area (Å²) in [5, 5.41) is 2.40. The van der Waals surface area contributed by atoms with Crippen LogP contribution in [0.25, 0.3) is 72.0 Å². The van der Waals surface area contributed by atoms with Crippen molar-refractivity contribution in [3.8, 4) is 50.2 Å². The van der Waals surface area contributed by atoms with E-state index in [0.717, 1.165) is 28.1 Å². The lowest BCUT2D eigenvalue weighted by Crippen LogP contribution is -2.11. The molecular formula is C58H46N2. The van der Waals surface area contributed by atoms with Crippen LogP contribution in [0.15, 0.2) is 206 Å². The molecule has 0 fully saturated rings. The van der Waals surface area contributed by atoms with Crippen molar-refractivity contribution in [1.82, 2.24) is 4.57 Å². The third-order valence-corrected chi connectivity index (χ3v) is 12.3. The van der Waals surface area contributed by atoms with Gasteiger partial charge < -0.3 is 9.47 Å². The van der Waals surface area contributed by atoms with Crippen LogP contribution in [-0.2, 0) is 0 Å². The predicted molar refractivity (Wildman–Crippen MR) is 256 cm³/mol. The van der Waals surface area contributed by atoms with Gasteiger partial charge in [0.25, 0.3) is 0 Å². The molecule has 288 valence electrons. The molecule has 2 heteroatoms. The Morgan fingerprint density at radius 2 is 0.817 bits per heavy atom. The first-order valence-corrected chi connectivity index (χ1v) is 20.9. The molecular weight excluding hydrogens is 725 g/mol. The predicted octanol–water partition coefficient (Wildman–Crippen LogP) is 16.2. The van der Waals surface area contributed by atoms with Crippen molar-refractivity contribution in [3.05, 3.63) is 229 Å². The molecule has 0 unspecified atom stereocenters. The number of fused-ring (bicyclic) bond motifs is 3. The average molecular weight is 771 g/mol. The van der Waals surface area contributed by atoms with E-state index in [1.165, 1.54) is 83.2 Å². The summed E-state index contributed by atoms with van der Waals surface area (Å²) in [4.78, 5) is 2.47. The number of para-hydroxylation sites is 3. The molecule has 0 N–H and O–H groups in total. The summed E-state index contributed by atoms with van der Waals surface area (Å²) in [5.74, 6) is 0. The molecule has 0 aliphatic heterocycles. The van der Waals surface area contributed by atoms with Gasteiger partial charge in [-0.3, -0.25) is 0 Å². The van der Waals surface area contributed by atoms with Gasteiger partial charge >= 0.3 is 0 Å². The van der Waals surface area contributed by atoms with Gasteiger partial charge in [-0.15, -0.1) is 0 Å². The fourth-order valence-electron chi connectivity index (χ4n) is 8.87. The molecule has 60 heavy (non-hydrogen) atoms. The second-order valence-corrected chi connectivity index (χ2v) is 16.0. The van der Waals surface area contributed by atoms with Crippen molar-refractivity contribution in [1.29, 1.82) is 0 Å².